The number of ketones is 1. The number of hydrogen-bond acceptors (Lipinski definition) is 5. The van der Waals surface area contributed by atoms with Gasteiger partial charge in [-0.2, -0.15) is 0 Å². The summed E-state index contributed by atoms with van der Waals surface area (Å²) in [6.07, 6.45) is 1.50. The van der Waals surface area contributed by atoms with Gasteiger partial charge in [0.2, 0.25) is 0 Å². The van der Waals surface area contributed by atoms with Crippen LogP contribution in [0.1, 0.15) is 49.4 Å². The van der Waals surface area contributed by atoms with Gasteiger partial charge in [0, 0.05) is 18.7 Å². The van der Waals surface area contributed by atoms with Gasteiger partial charge in [0.25, 0.3) is 11.7 Å². The number of aryl methyl sites for hydroxylation is 1. The molecule has 4 rings (SSSR count). The van der Waals surface area contributed by atoms with E-state index >= 15 is 0 Å². The van der Waals surface area contributed by atoms with Crippen LogP contribution in [-0.4, -0.2) is 47.6 Å². The maximum Gasteiger partial charge on any atom is 0.295 e. The molecule has 6 nitrogen and oxygen atoms in total. The summed E-state index contributed by atoms with van der Waals surface area (Å²) >= 11 is 0. The van der Waals surface area contributed by atoms with E-state index in [2.05, 4.69) is 13.8 Å². The van der Waals surface area contributed by atoms with Gasteiger partial charge in [-0.1, -0.05) is 26.0 Å². The number of amides is 1. The largest absolute Gasteiger partial charge is 0.507 e. The first-order valence-corrected chi connectivity index (χ1v) is 11.7. The molecule has 0 saturated carbocycles. The number of aliphatic hydroxyl groups is 1. The molecule has 0 radical (unpaired) electrons. The molecule has 0 spiro atoms. The normalized spacial score (nSPS) is 22.1. The highest BCUT2D eigenvalue weighted by Gasteiger charge is 2.47. The lowest BCUT2D eigenvalue weighted by molar-refractivity contribution is -0.140. The molecule has 2 atom stereocenters. The van der Waals surface area contributed by atoms with Gasteiger partial charge in [-0.25, -0.2) is 4.39 Å². The average Bonchev–Trinajstić information content (AvgIpc) is 3.41. The van der Waals surface area contributed by atoms with E-state index in [1.165, 1.54) is 29.2 Å². The molecule has 2 fully saturated rings. The number of carbonyl (C=O) groups is 2. The lowest BCUT2D eigenvalue weighted by Gasteiger charge is -2.27. The van der Waals surface area contributed by atoms with Crippen LogP contribution in [-0.2, 0) is 14.3 Å². The van der Waals surface area contributed by atoms with Gasteiger partial charge in [0.05, 0.1) is 24.3 Å². The SMILES string of the molecule is Cc1cc(/C(O)=C2/C(=O)C(=O)N(CC3CCCO3)C2c2ccc(F)cc2)ccc1OCC(C)C. The zero-order valence-electron chi connectivity index (χ0n) is 19.7. The van der Waals surface area contributed by atoms with E-state index in [9.17, 15) is 19.1 Å². The molecule has 2 aliphatic rings. The predicted molar refractivity (Wildman–Crippen MR) is 126 cm³/mol. The van der Waals surface area contributed by atoms with Crippen LogP contribution in [0.4, 0.5) is 4.39 Å². The fourth-order valence-electron chi connectivity index (χ4n) is 4.44. The Balaban J connectivity index is 1.75. The van der Waals surface area contributed by atoms with Crippen LogP contribution < -0.4 is 4.74 Å². The minimum Gasteiger partial charge on any atom is -0.507 e. The fraction of sp³-hybridized carbons (Fsp3) is 0.407. The third-order valence-corrected chi connectivity index (χ3v) is 6.17. The number of carbonyl (C=O) groups excluding carboxylic acids is 2. The van der Waals surface area contributed by atoms with E-state index in [1.807, 2.05) is 6.92 Å². The number of benzene rings is 2. The molecule has 2 aliphatic heterocycles. The molecule has 2 aromatic carbocycles. The van der Waals surface area contributed by atoms with E-state index in [4.69, 9.17) is 9.47 Å². The number of aliphatic hydroxyl groups excluding tert-OH is 1. The summed E-state index contributed by atoms with van der Waals surface area (Å²) < 4.78 is 25.1. The van der Waals surface area contributed by atoms with Crippen molar-refractivity contribution in [3.8, 4) is 5.75 Å². The highest BCUT2D eigenvalue weighted by atomic mass is 19.1. The summed E-state index contributed by atoms with van der Waals surface area (Å²) in [4.78, 5) is 27.6. The van der Waals surface area contributed by atoms with Crippen LogP contribution in [0.15, 0.2) is 48.0 Å². The van der Waals surface area contributed by atoms with Gasteiger partial charge >= 0.3 is 0 Å². The minimum atomic E-state index is -0.832. The van der Waals surface area contributed by atoms with Crippen molar-refractivity contribution in [1.82, 2.24) is 4.90 Å². The molecule has 2 unspecified atom stereocenters. The van der Waals surface area contributed by atoms with Crippen molar-refractivity contribution in [2.75, 3.05) is 19.8 Å². The zero-order chi connectivity index (χ0) is 24.4. The Morgan fingerprint density at radius 3 is 2.56 bits per heavy atom. The van der Waals surface area contributed by atoms with Crippen LogP contribution in [0.2, 0.25) is 0 Å². The van der Waals surface area contributed by atoms with Crippen molar-refractivity contribution >= 4 is 17.4 Å². The molecule has 2 saturated heterocycles. The molecule has 0 bridgehead atoms. The van der Waals surface area contributed by atoms with Gasteiger partial charge in [-0.15, -0.1) is 0 Å². The topological polar surface area (TPSA) is 76.1 Å². The summed E-state index contributed by atoms with van der Waals surface area (Å²) in [5.41, 5.74) is 1.76. The standard InChI is InChI=1S/C27H30FNO5/c1-16(2)15-34-22-11-8-19(13-17(22)3)25(30)23-24(18-6-9-20(28)10-7-18)29(27(32)26(23)31)14-21-5-4-12-33-21/h6-11,13,16,21,24,30H,4-5,12,14-15H2,1-3H3/b25-23-. The van der Waals surface area contributed by atoms with Crippen LogP contribution in [0, 0.1) is 18.7 Å². The number of Topliss-reactive ketones (excluding diaryl/α,β-unsaturated/α-hetero) is 1. The zero-order valence-corrected chi connectivity index (χ0v) is 19.7. The Hall–Kier alpha value is -3.19. The third kappa shape index (κ3) is 4.85. The first-order valence-electron chi connectivity index (χ1n) is 11.7. The highest BCUT2D eigenvalue weighted by molar-refractivity contribution is 6.46. The van der Waals surface area contributed by atoms with Crippen LogP contribution in [0.25, 0.3) is 5.76 Å². The van der Waals surface area contributed by atoms with E-state index in [0.29, 0.717) is 36.0 Å². The summed E-state index contributed by atoms with van der Waals surface area (Å²) in [6, 6.07) is 9.97. The predicted octanol–water partition coefficient (Wildman–Crippen LogP) is 4.77. The Morgan fingerprint density at radius 1 is 1.21 bits per heavy atom. The number of ether oxygens (including phenoxy) is 2. The van der Waals surface area contributed by atoms with Crippen LogP contribution in [0.3, 0.4) is 0 Å². The maximum absolute atomic E-state index is 13.6. The molecular formula is C27H30FNO5. The summed E-state index contributed by atoms with van der Waals surface area (Å²) in [5, 5.41) is 11.2. The second-order valence-electron chi connectivity index (χ2n) is 9.32. The van der Waals surface area contributed by atoms with Gasteiger partial charge < -0.3 is 19.5 Å². The quantitative estimate of drug-likeness (QED) is 0.361. The number of nitrogens with zero attached hydrogens (tertiary/aromatic N) is 1. The van der Waals surface area contributed by atoms with E-state index in [-0.39, 0.29) is 24.0 Å². The molecule has 2 aromatic rings. The third-order valence-electron chi connectivity index (χ3n) is 6.17. The highest BCUT2D eigenvalue weighted by Crippen LogP contribution is 2.40. The van der Waals surface area contributed by atoms with Crippen molar-refractivity contribution in [2.45, 2.75) is 45.8 Å². The first kappa shape index (κ1) is 24.0. The Kier molecular flexibility index (Phi) is 7.03. The van der Waals surface area contributed by atoms with Crippen molar-refractivity contribution < 1.29 is 28.6 Å². The molecule has 1 N–H and O–H groups in total. The Labute approximate surface area is 199 Å². The average molecular weight is 468 g/mol. The Bertz CT molecular complexity index is 1100. The molecular weight excluding hydrogens is 437 g/mol. The summed E-state index contributed by atoms with van der Waals surface area (Å²) in [6.45, 7) is 7.37. The van der Waals surface area contributed by atoms with E-state index < -0.39 is 23.5 Å². The smallest absolute Gasteiger partial charge is 0.295 e. The van der Waals surface area contributed by atoms with Crippen molar-refractivity contribution in [2.24, 2.45) is 5.92 Å². The second kappa shape index (κ2) is 9.97. The summed E-state index contributed by atoms with van der Waals surface area (Å²) in [7, 11) is 0. The van der Waals surface area contributed by atoms with E-state index in [0.717, 1.165) is 18.4 Å². The fourth-order valence-corrected chi connectivity index (χ4v) is 4.44. The van der Waals surface area contributed by atoms with Gasteiger partial charge in [-0.05, 0) is 67.1 Å². The minimum absolute atomic E-state index is 0.00939. The lowest BCUT2D eigenvalue weighted by Crippen LogP contribution is -2.36. The van der Waals surface area contributed by atoms with Crippen molar-refractivity contribution in [3.05, 3.63) is 70.5 Å². The first-order chi connectivity index (χ1) is 16.3. The number of likely N-dealkylation sites (tertiary alicyclic amines) is 1. The van der Waals surface area contributed by atoms with Crippen molar-refractivity contribution in [3.63, 3.8) is 0 Å². The number of rotatable bonds is 7. The van der Waals surface area contributed by atoms with Gasteiger partial charge in [0.1, 0.15) is 17.3 Å². The van der Waals surface area contributed by atoms with Crippen LogP contribution in [0.5, 0.6) is 5.75 Å². The molecule has 1 amide bonds. The van der Waals surface area contributed by atoms with E-state index in [1.54, 1.807) is 18.2 Å². The molecule has 7 heteroatoms. The van der Waals surface area contributed by atoms with Crippen molar-refractivity contribution in [1.29, 1.82) is 0 Å². The van der Waals surface area contributed by atoms with Crippen LogP contribution >= 0.6 is 0 Å². The Morgan fingerprint density at radius 2 is 1.94 bits per heavy atom. The molecule has 2 heterocycles. The second-order valence-corrected chi connectivity index (χ2v) is 9.32. The monoisotopic (exact) mass is 467 g/mol. The maximum atomic E-state index is 13.6. The molecule has 0 aromatic heterocycles. The van der Waals surface area contributed by atoms with Gasteiger partial charge in [-0.3, -0.25) is 9.59 Å². The van der Waals surface area contributed by atoms with Gasteiger partial charge in [0.15, 0.2) is 0 Å². The summed E-state index contributed by atoms with van der Waals surface area (Å²) in [5.74, 6) is -1.08. The molecule has 180 valence electrons. The number of hydrogen-bond donors (Lipinski definition) is 1. The lowest BCUT2D eigenvalue weighted by atomic mass is 9.94. The molecule has 0 aliphatic carbocycles. The molecule has 34 heavy (non-hydrogen) atoms. The number of halogens is 1.